The van der Waals surface area contributed by atoms with Crippen molar-refractivity contribution in [2.45, 2.75) is 229 Å². The number of nitrogens with zero attached hydrogens (tertiary/aromatic N) is 2. The van der Waals surface area contributed by atoms with Crippen molar-refractivity contribution < 1.29 is 24.2 Å². The van der Waals surface area contributed by atoms with Gasteiger partial charge in [-0.1, -0.05) is 117 Å². The molecule has 19 unspecified atom stereocenters. The van der Waals surface area contributed by atoms with Gasteiger partial charge in [-0.25, -0.2) is 4.79 Å². The largest absolute Gasteiger partial charge is 0.509 e. The van der Waals surface area contributed by atoms with Gasteiger partial charge < -0.3 is 25.2 Å². The van der Waals surface area contributed by atoms with Crippen LogP contribution in [0.1, 0.15) is 221 Å². The number of carbonyl (C=O) groups excluding carboxylic acids is 2. The quantitative estimate of drug-likeness (QED) is 0.175. The Labute approximate surface area is 506 Å². The maximum Gasteiger partial charge on any atom is 0.339 e. The molecule has 7 spiro atoms. The van der Waals surface area contributed by atoms with E-state index in [0.717, 1.165) is 49.9 Å². The standard InChI is InChI=1S/C77H95N3O5/c78-36-11-16-46-15-8-19-56-63(46)69(82)85-77(56)62-39-47(45-13-2-1-3-14-45)21-23-54-53-25-34-71(27-4-5-28-71)57-38-48-22-24-59-49-37-50-44-80(59)67(48)65(64(53)57)55-26-35-75(77)68(84-70(83)76(62,75)66(54)55)61(81)40-60-51-41-72(29-6-7-30-72)74(42-51)33-12-32-73(74)31-10-18-52(73)17-9-20-58(50)79(60)43-49/h8,15,19,21,23,25,34,45,47,49-54,57-60,62,64-65,81H,1-7,10-14,16,18,20,22,24,26-33,35-44,78H2. The summed E-state index contributed by atoms with van der Waals surface area (Å²) >= 11 is 0. The Morgan fingerprint density at radius 2 is 1.61 bits per heavy atom. The molecule has 3 saturated heterocycles. The highest BCUT2D eigenvalue weighted by molar-refractivity contribution is 6.00. The van der Waals surface area contributed by atoms with E-state index in [4.69, 9.17) is 15.2 Å². The number of carbonyl (C=O) groups is 2. The van der Waals surface area contributed by atoms with Crippen LogP contribution in [0.25, 0.3) is 0 Å². The van der Waals surface area contributed by atoms with Crippen LogP contribution >= 0.6 is 0 Å². The van der Waals surface area contributed by atoms with Gasteiger partial charge in [0, 0.05) is 79.0 Å². The third-order valence-corrected chi connectivity index (χ3v) is 31.7. The molecule has 0 amide bonds. The third kappa shape index (κ3) is 5.94. The predicted octanol–water partition coefficient (Wildman–Crippen LogP) is 14.9. The maximum atomic E-state index is 17.3. The topological polar surface area (TPSA) is 105 Å². The molecule has 10 bridgehead atoms. The van der Waals surface area contributed by atoms with Crippen molar-refractivity contribution in [3.63, 3.8) is 0 Å². The van der Waals surface area contributed by atoms with Crippen LogP contribution in [0.2, 0.25) is 0 Å². The molecule has 1 aromatic rings. The number of hydrogen-bond donors (Lipinski definition) is 2. The Hall–Kier alpha value is -4.06. The van der Waals surface area contributed by atoms with Crippen LogP contribution in [0.15, 0.2) is 76.4 Å². The molecule has 7 aliphatic heterocycles. The Morgan fingerprint density at radius 3 is 2.48 bits per heavy atom. The van der Waals surface area contributed by atoms with E-state index in [1.807, 2.05) is 0 Å². The fraction of sp³-hybridized carbons (Fsp3) is 0.740. The molecule has 12 aliphatic carbocycles. The lowest BCUT2D eigenvalue weighted by molar-refractivity contribution is -0.283. The molecule has 1 aromatic carbocycles. The number of rotatable bonds is 4. The van der Waals surface area contributed by atoms with Crippen LogP contribution in [0.4, 0.5) is 0 Å². The number of piperidine rings is 2. The third-order valence-electron chi connectivity index (χ3n) is 31.7. The normalized spacial score (nSPS) is 48.2. The molecule has 8 nitrogen and oxygen atoms in total. The molecular weight excluding hydrogens is 1050 g/mol. The van der Waals surface area contributed by atoms with E-state index in [1.54, 1.807) is 16.8 Å². The Balaban J connectivity index is 0.873. The number of nitrogens with two attached hydrogens (primary N) is 1. The second kappa shape index (κ2) is 17.7. The molecular formula is C77H95N3O5. The van der Waals surface area contributed by atoms with Gasteiger partial charge in [-0.15, -0.1) is 5.92 Å². The number of esters is 2. The fourth-order valence-corrected chi connectivity index (χ4v) is 29.4. The lowest BCUT2D eigenvalue weighted by Crippen LogP contribution is -2.78. The summed E-state index contributed by atoms with van der Waals surface area (Å²) in [5, 5.41) is 14.5. The van der Waals surface area contributed by atoms with Gasteiger partial charge in [0.1, 0.15) is 11.2 Å². The summed E-state index contributed by atoms with van der Waals surface area (Å²) in [6.07, 6.45) is 48.5. The van der Waals surface area contributed by atoms with E-state index in [2.05, 4.69) is 64.1 Å². The number of aliphatic hydroxyl groups excluding tert-OH is 1. The highest BCUT2D eigenvalue weighted by atomic mass is 16.6. The molecule has 448 valence electrons. The van der Waals surface area contributed by atoms with Gasteiger partial charge in [-0.05, 0) is 222 Å². The summed E-state index contributed by atoms with van der Waals surface area (Å²) in [5.74, 6) is 12.9. The summed E-state index contributed by atoms with van der Waals surface area (Å²) in [7, 11) is 0. The van der Waals surface area contributed by atoms with Crippen LogP contribution in [0.5, 0.6) is 0 Å². The zero-order valence-corrected chi connectivity index (χ0v) is 51.0. The average molecular weight is 1140 g/mol. The second-order valence-electron chi connectivity index (χ2n) is 33.4. The smallest absolute Gasteiger partial charge is 0.339 e. The first-order valence-electron chi connectivity index (χ1n) is 36.2. The van der Waals surface area contributed by atoms with Gasteiger partial charge in [-0.2, -0.15) is 0 Å². The zero-order valence-electron chi connectivity index (χ0n) is 51.0. The second-order valence-corrected chi connectivity index (χ2v) is 33.4. The minimum Gasteiger partial charge on any atom is -0.509 e. The first-order chi connectivity index (χ1) is 41.6. The summed E-state index contributed by atoms with van der Waals surface area (Å²) < 4.78 is 15.2. The molecule has 19 atom stereocenters. The van der Waals surface area contributed by atoms with Crippen molar-refractivity contribution in [1.29, 1.82) is 0 Å². The van der Waals surface area contributed by atoms with Gasteiger partial charge in [0.2, 0.25) is 0 Å². The van der Waals surface area contributed by atoms with Crippen LogP contribution in [0.3, 0.4) is 0 Å². The molecule has 20 rings (SSSR count). The number of ether oxygens (including phenoxy) is 2. The molecule has 0 radical (unpaired) electrons. The van der Waals surface area contributed by atoms with E-state index in [0.29, 0.717) is 107 Å². The molecule has 10 fully saturated rings. The lowest BCUT2D eigenvalue weighted by Gasteiger charge is -2.74. The fourth-order valence-electron chi connectivity index (χ4n) is 29.4. The van der Waals surface area contributed by atoms with Crippen molar-refractivity contribution >= 4 is 11.9 Å². The first-order valence-corrected chi connectivity index (χ1v) is 36.2. The van der Waals surface area contributed by atoms with Gasteiger partial charge in [-0.3, -0.25) is 9.69 Å². The number of aryl methyl sites for hydroxylation is 1. The molecule has 0 aromatic heterocycles. The monoisotopic (exact) mass is 1140 g/mol. The number of benzene rings is 1. The van der Waals surface area contributed by atoms with Crippen molar-refractivity contribution in [2.24, 2.45) is 109 Å². The Morgan fingerprint density at radius 1 is 0.765 bits per heavy atom. The number of fused-ring (bicyclic) bond motifs is 10. The minimum atomic E-state index is -1.18. The maximum absolute atomic E-state index is 17.3. The summed E-state index contributed by atoms with van der Waals surface area (Å²) in [5.41, 5.74) is 13.2. The molecule has 7 saturated carbocycles. The SMILES string of the molecule is NCCCc1cccc2c1C(=O)OC21C2CC(C3CCCCC3)C=CC3C4=C5CCC16C(=C(O)CC1C7CC8(CCCC8)C8(CCCC89CCCC9C#CCC8C9CC(CN81)C1CCC8=C(C5C5C3C=CC3(CCCC3)C5C8)N1C9)C7)OC(=O)C426. The van der Waals surface area contributed by atoms with Crippen molar-refractivity contribution in [2.75, 3.05) is 19.6 Å². The molecule has 3 N–H and O–H groups in total. The highest BCUT2D eigenvalue weighted by Gasteiger charge is 2.94. The van der Waals surface area contributed by atoms with Gasteiger partial charge in [0.05, 0.1) is 11.0 Å². The molecule has 7 heterocycles. The van der Waals surface area contributed by atoms with E-state index in [1.165, 1.54) is 166 Å². The summed E-state index contributed by atoms with van der Waals surface area (Å²) in [4.78, 5) is 39.2. The van der Waals surface area contributed by atoms with Crippen LogP contribution < -0.4 is 5.73 Å². The summed E-state index contributed by atoms with van der Waals surface area (Å²) in [6, 6.07) is 7.47. The van der Waals surface area contributed by atoms with E-state index < -0.39 is 16.4 Å². The van der Waals surface area contributed by atoms with Crippen molar-refractivity contribution in [1.82, 2.24) is 9.80 Å². The zero-order chi connectivity index (χ0) is 56.2. The Kier molecular flexibility index (Phi) is 10.8. The van der Waals surface area contributed by atoms with Crippen LogP contribution in [-0.4, -0.2) is 64.6 Å². The van der Waals surface area contributed by atoms with Crippen molar-refractivity contribution in [3.8, 4) is 11.8 Å². The summed E-state index contributed by atoms with van der Waals surface area (Å²) in [6.45, 7) is 2.73. The average Bonchev–Trinajstić information content (AvgIpc) is 1.54. The minimum absolute atomic E-state index is 0.0306. The Bertz CT molecular complexity index is 3350. The van der Waals surface area contributed by atoms with Gasteiger partial charge >= 0.3 is 11.9 Å². The van der Waals surface area contributed by atoms with Crippen molar-refractivity contribution in [3.05, 3.63) is 93.1 Å². The molecule has 85 heavy (non-hydrogen) atoms. The number of aliphatic hydroxyl groups is 1. The highest BCUT2D eigenvalue weighted by Crippen LogP contribution is 2.89. The van der Waals surface area contributed by atoms with Gasteiger partial charge in [0.15, 0.2) is 11.4 Å². The predicted molar refractivity (Wildman–Crippen MR) is 327 cm³/mol. The van der Waals surface area contributed by atoms with Crippen LogP contribution in [-0.2, 0) is 26.3 Å². The van der Waals surface area contributed by atoms with E-state index >= 15 is 9.59 Å². The number of hydrogen-bond acceptors (Lipinski definition) is 8. The molecule has 19 aliphatic rings. The van der Waals surface area contributed by atoms with Gasteiger partial charge in [0.25, 0.3) is 0 Å². The van der Waals surface area contributed by atoms with Crippen LogP contribution in [0, 0.1) is 115 Å². The number of allylic oxidation sites excluding steroid dienone is 6. The van der Waals surface area contributed by atoms with E-state index in [-0.39, 0.29) is 58.4 Å². The molecule has 8 heteroatoms. The van der Waals surface area contributed by atoms with E-state index in [9.17, 15) is 5.11 Å². The first kappa shape index (κ1) is 51.8. The lowest BCUT2D eigenvalue weighted by atomic mass is 9.26.